The third-order valence-electron chi connectivity index (χ3n) is 4.80. The predicted octanol–water partition coefficient (Wildman–Crippen LogP) is 1.44. The van der Waals surface area contributed by atoms with Gasteiger partial charge in [0.25, 0.3) is 5.91 Å². The fourth-order valence-electron chi connectivity index (χ4n) is 3.58. The highest BCUT2D eigenvalue weighted by Crippen LogP contribution is 2.30. The van der Waals surface area contributed by atoms with Gasteiger partial charge in [-0.3, -0.25) is 9.59 Å². The molecule has 0 saturated carbocycles. The monoisotopic (exact) mass is 345 g/mol. The summed E-state index contributed by atoms with van der Waals surface area (Å²) in [7, 11) is 0. The van der Waals surface area contributed by atoms with Crippen LogP contribution in [0.25, 0.3) is 0 Å². The average Bonchev–Trinajstić information content (AvgIpc) is 3.15. The summed E-state index contributed by atoms with van der Waals surface area (Å²) in [5.41, 5.74) is 3.56. The third-order valence-corrected chi connectivity index (χ3v) is 5.44. The predicted molar refractivity (Wildman–Crippen MR) is 88.4 cm³/mol. The number of fused-ring (bicyclic) bond motifs is 4. The molecule has 3 saturated heterocycles. The van der Waals surface area contributed by atoms with Crippen LogP contribution in [0, 0.1) is 12.8 Å². The van der Waals surface area contributed by atoms with Crippen molar-refractivity contribution >= 4 is 23.2 Å². The number of H-pyrrole nitrogens is 1. The molecule has 5 heterocycles. The van der Waals surface area contributed by atoms with Gasteiger partial charge in [0, 0.05) is 36.4 Å². The van der Waals surface area contributed by atoms with Gasteiger partial charge in [-0.25, -0.2) is 9.97 Å². The Morgan fingerprint density at radius 1 is 1.38 bits per heavy atom. The Kier molecular flexibility index (Phi) is 3.84. The Hall–Kier alpha value is -2.22. The van der Waals surface area contributed by atoms with Crippen molar-refractivity contribution in [1.29, 1.82) is 0 Å². The van der Waals surface area contributed by atoms with E-state index in [4.69, 9.17) is 0 Å². The SMILES string of the molecule is Cc1cnc(C(=O)N2C[C@H]3CC[C@@H](C2)N(Cc2cscn2)C3=O)[nH]1. The number of imidazole rings is 1. The van der Waals surface area contributed by atoms with Crippen molar-refractivity contribution < 1.29 is 9.59 Å². The molecule has 0 radical (unpaired) electrons. The number of amides is 2. The van der Waals surface area contributed by atoms with Gasteiger partial charge in [0.05, 0.1) is 23.7 Å². The molecule has 2 atom stereocenters. The van der Waals surface area contributed by atoms with Crippen molar-refractivity contribution in [2.45, 2.75) is 32.4 Å². The first-order chi connectivity index (χ1) is 11.6. The lowest BCUT2D eigenvalue weighted by atomic mass is 9.94. The van der Waals surface area contributed by atoms with Gasteiger partial charge in [-0.05, 0) is 19.8 Å². The Morgan fingerprint density at radius 2 is 2.25 bits per heavy atom. The minimum Gasteiger partial charge on any atom is -0.338 e. The molecule has 2 aromatic heterocycles. The van der Waals surface area contributed by atoms with Crippen LogP contribution in [0.15, 0.2) is 17.1 Å². The first-order valence-electron chi connectivity index (χ1n) is 8.10. The molecule has 2 bridgehead atoms. The van der Waals surface area contributed by atoms with Gasteiger partial charge in [0.1, 0.15) is 0 Å². The molecule has 24 heavy (non-hydrogen) atoms. The number of nitrogens with zero attached hydrogens (tertiary/aromatic N) is 4. The zero-order valence-electron chi connectivity index (χ0n) is 13.4. The van der Waals surface area contributed by atoms with Gasteiger partial charge >= 0.3 is 0 Å². The summed E-state index contributed by atoms with van der Waals surface area (Å²) < 4.78 is 0. The quantitative estimate of drug-likeness (QED) is 0.912. The summed E-state index contributed by atoms with van der Waals surface area (Å²) in [5.74, 6) is 0.253. The second-order valence-corrected chi connectivity index (χ2v) is 7.22. The van der Waals surface area contributed by atoms with Crippen LogP contribution in [0.2, 0.25) is 0 Å². The van der Waals surface area contributed by atoms with Crippen LogP contribution in [-0.4, -0.2) is 55.7 Å². The van der Waals surface area contributed by atoms with E-state index in [2.05, 4.69) is 15.0 Å². The molecule has 1 N–H and O–H groups in total. The molecule has 7 nitrogen and oxygen atoms in total. The summed E-state index contributed by atoms with van der Waals surface area (Å²) in [4.78, 5) is 40.6. The van der Waals surface area contributed by atoms with Crippen molar-refractivity contribution in [3.63, 3.8) is 0 Å². The molecule has 5 rings (SSSR count). The van der Waals surface area contributed by atoms with E-state index in [0.717, 1.165) is 24.2 Å². The van der Waals surface area contributed by atoms with E-state index in [1.165, 1.54) is 11.3 Å². The smallest absolute Gasteiger partial charge is 0.289 e. The Labute approximate surface area is 143 Å². The average molecular weight is 345 g/mol. The normalized spacial score (nSPS) is 23.6. The minimum atomic E-state index is -0.123. The van der Waals surface area contributed by atoms with Crippen LogP contribution >= 0.6 is 11.3 Å². The number of aromatic nitrogens is 3. The van der Waals surface area contributed by atoms with Gasteiger partial charge in [-0.2, -0.15) is 0 Å². The number of carbonyl (C=O) groups is 2. The number of carbonyl (C=O) groups excluding carboxylic acids is 2. The lowest BCUT2D eigenvalue weighted by molar-refractivity contribution is -0.140. The number of hydrogen-bond donors (Lipinski definition) is 1. The van der Waals surface area contributed by atoms with Crippen LogP contribution in [0.5, 0.6) is 0 Å². The molecular formula is C16H19N5O2S. The molecule has 0 aromatic carbocycles. The van der Waals surface area contributed by atoms with E-state index < -0.39 is 0 Å². The van der Waals surface area contributed by atoms with Crippen molar-refractivity contribution in [3.8, 4) is 0 Å². The highest BCUT2D eigenvalue weighted by molar-refractivity contribution is 7.07. The Balaban J connectivity index is 1.55. The molecule has 0 aliphatic carbocycles. The van der Waals surface area contributed by atoms with Crippen LogP contribution in [0.3, 0.4) is 0 Å². The van der Waals surface area contributed by atoms with E-state index >= 15 is 0 Å². The first-order valence-corrected chi connectivity index (χ1v) is 9.04. The molecule has 8 heteroatoms. The summed E-state index contributed by atoms with van der Waals surface area (Å²) in [6.45, 7) is 3.44. The number of rotatable bonds is 3. The van der Waals surface area contributed by atoms with Crippen molar-refractivity contribution in [2.75, 3.05) is 13.1 Å². The topological polar surface area (TPSA) is 82.2 Å². The van der Waals surface area contributed by atoms with E-state index in [9.17, 15) is 9.59 Å². The van der Waals surface area contributed by atoms with E-state index in [0.29, 0.717) is 25.5 Å². The maximum Gasteiger partial charge on any atom is 0.289 e. The highest BCUT2D eigenvalue weighted by Gasteiger charge is 2.42. The van der Waals surface area contributed by atoms with Crippen LogP contribution in [0.1, 0.15) is 34.8 Å². The van der Waals surface area contributed by atoms with Crippen molar-refractivity contribution in [1.82, 2.24) is 24.8 Å². The van der Waals surface area contributed by atoms with Gasteiger partial charge < -0.3 is 14.8 Å². The molecule has 3 fully saturated rings. The van der Waals surface area contributed by atoms with Gasteiger partial charge in [0.15, 0.2) is 5.82 Å². The van der Waals surface area contributed by atoms with Crippen molar-refractivity contribution in [2.24, 2.45) is 5.92 Å². The van der Waals surface area contributed by atoms with Gasteiger partial charge in [-0.15, -0.1) is 11.3 Å². The lowest BCUT2D eigenvalue weighted by Crippen LogP contribution is -2.47. The Bertz CT molecular complexity index is 756. The number of aryl methyl sites for hydroxylation is 1. The summed E-state index contributed by atoms with van der Waals surface area (Å²) in [6, 6.07) is 0.0537. The maximum atomic E-state index is 12.8. The number of nitrogens with one attached hydrogen (secondary N) is 1. The van der Waals surface area contributed by atoms with Crippen LogP contribution in [-0.2, 0) is 11.3 Å². The number of aromatic amines is 1. The number of piperidine rings is 1. The van der Waals surface area contributed by atoms with Crippen LogP contribution < -0.4 is 0 Å². The Morgan fingerprint density at radius 3 is 2.96 bits per heavy atom. The van der Waals surface area contributed by atoms with Crippen LogP contribution in [0.4, 0.5) is 0 Å². The molecule has 2 amide bonds. The minimum absolute atomic E-state index is 0.0537. The number of hydrogen-bond acceptors (Lipinski definition) is 5. The lowest BCUT2D eigenvalue weighted by Gasteiger charge is -2.35. The molecular weight excluding hydrogens is 326 g/mol. The summed E-state index contributed by atoms with van der Waals surface area (Å²) in [6.07, 6.45) is 3.43. The number of thiazole rings is 1. The zero-order valence-corrected chi connectivity index (χ0v) is 14.3. The zero-order chi connectivity index (χ0) is 16.7. The highest BCUT2D eigenvalue weighted by atomic mass is 32.1. The van der Waals surface area contributed by atoms with Gasteiger partial charge in [0.2, 0.25) is 5.91 Å². The molecule has 2 aromatic rings. The summed E-state index contributed by atoms with van der Waals surface area (Å²) in [5, 5.41) is 1.97. The molecule has 3 aliphatic rings. The second-order valence-electron chi connectivity index (χ2n) is 6.50. The maximum absolute atomic E-state index is 12.8. The van der Waals surface area contributed by atoms with E-state index in [-0.39, 0.29) is 23.8 Å². The standard InChI is InChI=1S/C16H19N5O2S/c1-10-4-17-14(19-10)16(23)20-5-11-2-3-13(7-20)21(15(11)22)6-12-8-24-9-18-12/h4,8-9,11,13H,2-3,5-7H2,1H3,(H,17,19)/t11-,13+/m1/s1. The summed E-state index contributed by atoms with van der Waals surface area (Å²) >= 11 is 1.53. The van der Waals surface area contributed by atoms with E-state index in [1.54, 1.807) is 16.6 Å². The largest absolute Gasteiger partial charge is 0.338 e. The van der Waals surface area contributed by atoms with Gasteiger partial charge in [-0.1, -0.05) is 0 Å². The van der Waals surface area contributed by atoms with Crippen molar-refractivity contribution in [3.05, 3.63) is 34.3 Å². The molecule has 3 aliphatic heterocycles. The van der Waals surface area contributed by atoms with E-state index in [1.807, 2.05) is 17.2 Å². The second kappa shape index (κ2) is 6.01. The fraction of sp³-hybridized carbons (Fsp3) is 0.500. The third kappa shape index (κ3) is 2.71. The molecule has 126 valence electrons. The fourth-order valence-corrected chi connectivity index (χ4v) is 4.13. The molecule has 0 spiro atoms. The molecule has 0 unspecified atom stereocenters. The first kappa shape index (κ1) is 15.3.